The second-order valence-corrected chi connectivity index (χ2v) is 3.61. The van der Waals surface area contributed by atoms with Crippen molar-refractivity contribution in [2.75, 3.05) is 26.8 Å². The van der Waals surface area contributed by atoms with Gasteiger partial charge in [0.2, 0.25) is 0 Å². The van der Waals surface area contributed by atoms with Crippen LogP contribution in [0.3, 0.4) is 0 Å². The van der Waals surface area contributed by atoms with Crippen LogP contribution in [0, 0.1) is 11.3 Å². The van der Waals surface area contributed by atoms with E-state index < -0.39 is 0 Å². The van der Waals surface area contributed by atoms with Gasteiger partial charge < -0.3 is 15.0 Å². The standard InChI is InChI=1S/C10H17N3O2/c1-15-8-7-13(6-2-5-11)10(14)12-9-3-4-9/h9H,2-4,6-8H2,1H3,(H,12,14). The molecule has 0 heterocycles. The molecule has 0 bridgehead atoms. The molecule has 1 fully saturated rings. The van der Waals surface area contributed by atoms with Crippen LogP contribution < -0.4 is 5.32 Å². The predicted molar refractivity (Wildman–Crippen MR) is 55.2 cm³/mol. The summed E-state index contributed by atoms with van der Waals surface area (Å²) in [6.07, 6.45) is 2.51. The van der Waals surface area contributed by atoms with E-state index in [2.05, 4.69) is 5.32 Å². The highest BCUT2D eigenvalue weighted by molar-refractivity contribution is 5.74. The maximum Gasteiger partial charge on any atom is 0.317 e. The number of hydrogen-bond donors (Lipinski definition) is 1. The fourth-order valence-electron chi connectivity index (χ4n) is 1.19. The normalized spacial score (nSPS) is 14.4. The zero-order chi connectivity index (χ0) is 11.1. The van der Waals surface area contributed by atoms with E-state index >= 15 is 0 Å². The molecule has 0 unspecified atom stereocenters. The molecule has 15 heavy (non-hydrogen) atoms. The Morgan fingerprint density at radius 1 is 1.60 bits per heavy atom. The summed E-state index contributed by atoms with van der Waals surface area (Å²) in [5.74, 6) is 0. The van der Waals surface area contributed by atoms with Crippen molar-refractivity contribution in [2.24, 2.45) is 0 Å². The first-order valence-electron chi connectivity index (χ1n) is 5.19. The summed E-state index contributed by atoms with van der Waals surface area (Å²) < 4.78 is 4.92. The zero-order valence-corrected chi connectivity index (χ0v) is 9.03. The number of ether oxygens (including phenoxy) is 1. The largest absolute Gasteiger partial charge is 0.383 e. The maximum absolute atomic E-state index is 11.7. The van der Waals surface area contributed by atoms with Gasteiger partial charge in [-0.3, -0.25) is 0 Å². The van der Waals surface area contributed by atoms with E-state index in [4.69, 9.17) is 10.00 Å². The summed E-state index contributed by atoms with van der Waals surface area (Å²) in [5.41, 5.74) is 0. The van der Waals surface area contributed by atoms with E-state index in [1.165, 1.54) is 0 Å². The Hall–Kier alpha value is -1.28. The minimum atomic E-state index is -0.0789. The maximum atomic E-state index is 11.7. The van der Waals surface area contributed by atoms with Crippen LogP contribution in [0.25, 0.3) is 0 Å². The highest BCUT2D eigenvalue weighted by Gasteiger charge is 2.25. The number of nitrogens with zero attached hydrogens (tertiary/aromatic N) is 2. The first-order valence-corrected chi connectivity index (χ1v) is 5.19. The van der Waals surface area contributed by atoms with Gasteiger partial charge in [-0.05, 0) is 12.8 Å². The van der Waals surface area contributed by atoms with E-state index in [0.29, 0.717) is 32.2 Å². The molecular formula is C10H17N3O2. The highest BCUT2D eigenvalue weighted by Crippen LogP contribution is 2.18. The Labute approximate surface area is 90.0 Å². The van der Waals surface area contributed by atoms with Gasteiger partial charge in [0.05, 0.1) is 19.1 Å². The van der Waals surface area contributed by atoms with Gasteiger partial charge >= 0.3 is 6.03 Å². The van der Waals surface area contributed by atoms with Gasteiger partial charge in [-0.2, -0.15) is 5.26 Å². The Kier molecular flexibility index (Phi) is 4.91. The van der Waals surface area contributed by atoms with Crippen LogP contribution in [0.2, 0.25) is 0 Å². The molecule has 0 radical (unpaired) electrons. The van der Waals surface area contributed by atoms with Crippen LogP contribution in [-0.4, -0.2) is 43.8 Å². The van der Waals surface area contributed by atoms with Gasteiger partial charge in [-0.15, -0.1) is 0 Å². The van der Waals surface area contributed by atoms with Gasteiger partial charge in [0.25, 0.3) is 0 Å². The minimum absolute atomic E-state index is 0.0789. The van der Waals surface area contributed by atoms with Crippen molar-refractivity contribution in [1.29, 1.82) is 5.26 Å². The first-order chi connectivity index (χ1) is 7.27. The third-order valence-electron chi connectivity index (χ3n) is 2.25. The lowest BCUT2D eigenvalue weighted by Crippen LogP contribution is -2.43. The number of carbonyl (C=O) groups is 1. The summed E-state index contributed by atoms with van der Waals surface area (Å²) in [6.45, 7) is 1.51. The van der Waals surface area contributed by atoms with E-state index in [0.717, 1.165) is 12.8 Å². The monoisotopic (exact) mass is 211 g/mol. The highest BCUT2D eigenvalue weighted by atomic mass is 16.5. The molecule has 0 aromatic heterocycles. The molecule has 1 aliphatic rings. The Balaban J connectivity index is 2.30. The lowest BCUT2D eigenvalue weighted by Gasteiger charge is -2.21. The van der Waals surface area contributed by atoms with Crippen molar-refractivity contribution in [3.05, 3.63) is 0 Å². The lowest BCUT2D eigenvalue weighted by atomic mass is 10.4. The van der Waals surface area contributed by atoms with Crippen molar-refractivity contribution in [3.8, 4) is 6.07 Å². The van der Waals surface area contributed by atoms with Gasteiger partial charge in [-0.25, -0.2) is 4.79 Å². The smallest absolute Gasteiger partial charge is 0.317 e. The molecule has 0 aromatic rings. The first kappa shape index (κ1) is 11.8. The SMILES string of the molecule is COCCN(CCC#N)C(=O)NC1CC1. The molecule has 0 aliphatic heterocycles. The molecular weight excluding hydrogens is 194 g/mol. The quantitative estimate of drug-likeness (QED) is 0.704. The van der Waals surface area contributed by atoms with E-state index in [1.54, 1.807) is 12.0 Å². The molecule has 0 atom stereocenters. The summed E-state index contributed by atoms with van der Waals surface area (Å²) in [7, 11) is 1.60. The lowest BCUT2D eigenvalue weighted by molar-refractivity contribution is 0.150. The minimum Gasteiger partial charge on any atom is -0.383 e. The molecule has 1 N–H and O–H groups in total. The number of nitrogens with one attached hydrogen (secondary N) is 1. The third-order valence-corrected chi connectivity index (χ3v) is 2.25. The van der Waals surface area contributed by atoms with Crippen molar-refractivity contribution < 1.29 is 9.53 Å². The van der Waals surface area contributed by atoms with Crippen LogP contribution >= 0.6 is 0 Å². The summed E-state index contributed by atoms with van der Waals surface area (Å²) in [5, 5.41) is 11.4. The average molecular weight is 211 g/mol. The Morgan fingerprint density at radius 3 is 2.87 bits per heavy atom. The second-order valence-electron chi connectivity index (χ2n) is 3.61. The topological polar surface area (TPSA) is 65.4 Å². The number of rotatable bonds is 6. The average Bonchev–Trinajstić information content (AvgIpc) is 3.02. The number of methoxy groups -OCH3 is 1. The fraction of sp³-hybridized carbons (Fsp3) is 0.800. The Morgan fingerprint density at radius 2 is 2.33 bits per heavy atom. The van der Waals surface area contributed by atoms with Crippen molar-refractivity contribution in [3.63, 3.8) is 0 Å². The van der Waals surface area contributed by atoms with Crippen molar-refractivity contribution >= 4 is 6.03 Å². The molecule has 2 amide bonds. The van der Waals surface area contributed by atoms with Gasteiger partial charge in [0.15, 0.2) is 0 Å². The van der Waals surface area contributed by atoms with Crippen molar-refractivity contribution in [1.82, 2.24) is 10.2 Å². The number of hydrogen-bond acceptors (Lipinski definition) is 3. The van der Waals surface area contributed by atoms with Crippen LogP contribution in [-0.2, 0) is 4.74 Å². The van der Waals surface area contributed by atoms with Gasteiger partial charge in [0, 0.05) is 26.2 Å². The summed E-state index contributed by atoms with van der Waals surface area (Å²) in [6, 6.07) is 2.31. The van der Waals surface area contributed by atoms with Crippen LogP contribution in [0.4, 0.5) is 4.79 Å². The predicted octanol–water partition coefficient (Wildman–Crippen LogP) is 0.720. The zero-order valence-electron chi connectivity index (χ0n) is 9.03. The third kappa shape index (κ3) is 4.66. The van der Waals surface area contributed by atoms with Crippen molar-refractivity contribution in [2.45, 2.75) is 25.3 Å². The Bertz CT molecular complexity index is 246. The number of nitriles is 1. The number of carbonyl (C=O) groups excluding carboxylic acids is 1. The molecule has 0 saturated heterocycles. The molecule has 1 aliphatic carbocycles. The molecule has 5 heteroatoms. The van der Waals surface area contributed by atoms with Crippen LogP contribution in [0.5, 0.6) is 0 Å². The fourth-order valence-corrected chi connectivity index (χ4v) is 1.19. The van der Waals surface area contributed by atoms with E-state index in [9.17, 15) is 4.79 Å². The van der Waals surface area contributed by atoms with E-state index in [1.807, 2.05) is 6.07 Å². The number of amides is 2. The molecule has 5 nitrogen and oxygen atoms in total. The molecule has 0 spiro atoms. The number of urea groups is 1. The summed E-state index contributed by atoms with van der Waals surface area (Å²) >= 11 is 0. The molecule has 84 valence electrons. The van der Waals surface area contributed by atoms with Crippen LogP contribution in [0.15, 0.2) is 0 Å². The van der Waals surface area contributed by atoms with Gasteiger partial charge in [-0.1, -0.05) is 0 Å². The summed E-state index contributed by atoms with van der Waals surface area (Å²) in [4.78, 5) is 13.3. The van der Waals surface area contributed by atoms with E-state index in [-0.39, 0.29) is 6.03 Å². The molecule has 1 saturated carbocycles. The second kappa shape index (κ2) is 6.25. The van der Waals surface area contributed by atoms with Crippen LogP contribution in [0.1, 0.15) is 19.3 Å². The van der Waals surface area contributed by atoms with Gasteiger partial charge in [0.1, 0.15) is 0 Å². The molecule has 1 rings (SSSR count). The molecule has 0 aromatic carbocycles.